The van der Waals surface area contributed by atoms with Crippen molar-refractivity contribution in [3.8, 4) is 0 Å². The number of hydrogen-bond acceptors (Lipinski definition) is 3. The van der Waals surface area contributed by atoms with Crippen molar-refractivity contribution < 1.29 is 19.5 Å². The van der Waals surface area contributed by atoms with Crippen LogP contribution in [-0.2, 0) is 14.4 Å². The van der Waals surface area contributed by atoms with E-state index in [-0.39, 0.29) is 24.3 Å². The van der Waals surface area contributed by atoms with Crippen LogP contribution in [0.2, 0.25) is 0 Å². The largest absolute Gasteiger partial charge is 0.481 e. The Hall–Kier alpha value is -1.59. The van der Waals surface area contributed by atoms with Gasteiger partial charge in [-0.05, 0) is 25.7 Å². The monoisotopic (exact) mass is 268 g/mol. The molecule has 0 aromatic rings. The van der Waals surface area contributed by atoms with E-state index in [1.165, 1.54) is 6.92 Å². The number of likely N-dealkylation sites (tertiary alicyclic amines) is 1. The number of nitrogens with zero attached hydrogens (tertiary/aromatic N) is 1. The Kier molecular flexibility index (Phi) is 3.78. The van der Waals surface area contributed by atoms with Crippen molar-refractivity contribution in [1.29, 1.82) is 0 Å². The minimum atomic E-state index is -0.832. The number of amides is 2. The quantitative estimate of drug-likeness (QED) is 0.764. The van der Waals surface area contributed by atoms with Crippen LogP contribution in [0.1, 0.15) is 32.6 Å². The van der Waals surface area contributed by atoms with Crippen LogP contribution in [0.4, 0.5) is 0 Å². The smallest absolute Gasteiger partial charge is 0.311 e. The van der Waals surface area contributed by atoms with E-state index in [9.17, 15) is 14.4 Å². The predicted molar refractivity (Wildman–Crippen MR) is 67.3 cm³/mol. The molecule has 0 radical (unpaired) electrons. The number of carbonyl (C=O) groups is 3. The van der Waals surface area contributed by atoms with Gasteiger partial charge in [-0.1, -0.05) is 0 Å². The van der Waals surface area contributed by atoms with Crippen molar-refractivity contribution in [2.45, 2.75) is 32.6 Å². The number of carbonyl (C=O) groups excluding carboxylic acids is 2. The van der Waals surface area contributed by atoms with Crippen LogP contribution in [0.3, 0.4) is 0 Å². The lowest BCUT2D eigenvalue weighted by atomic mass is 9.96. The Bertz CT molecular complexity index is 403. The highest BCUT2D eigenvalue weighted by Gasteiger charge is 2.50. The van der Waals surface area contributed by atoms with Gasteiger partial charge in [0, 0.05) is 26.6 Å². The van der Waals surface area contributed by atoms with Gasteiger partial charge in [-0.3, -0.25) is 14.4 Å². The molecule has 0 aromatic carbocycles. The molecule has 0 spiro atoms. The van der Waals surface area contributed by atoms with E-state index >= 15 is 0 Å². The zero-order valence-corrected chi connectivity index (χ0v) is 11.1. The van der Waals surface area contributed by atoms with E-state index in [1.807, 2.05) is 0 Å². The number of carboxylic acid groups (broad SMARTS) is 1. The Labute approximate surface area is 112 Å². The van der Waals surface area contributed by atoms with E-state index in [1.54, 1.807) is 4.90 Å². The summed E-state index contributed by atoms with van der Waals surface area (Å²) in [6.07, 6.45) is 2.84. The first-order valence-corrected chi connectivity index (χ1v) is 6.71. The van der Waals surface area contributed by atoms with E-state index in [2.05, 4.69) is 5.32 Å². The Morgan fingerprint density at radius 3 is 2.58 bits per heavy atom. The fourth-order valence-electron chi connectivity index (χ4n) is 2.49. The Balaban J connectivity index is 1.83. The standard InChI is InChI=1S/C13H20N2O4/c1-9(16)15-6-2-3-10(7-15)11(17)14-8-13(4-5-13)12(18)19/h10H,2-8H2,1H3,(H,14,17)(H,18,19). The third-order valence-corrected chi connectivity index (χ3v) is 4.15. The van der Waals surface area contributed by atoms with E-state index in [0.29, 0.717) is 25.9 Å². The number of piperidine rings is 1. The fraction of sp³-hybridized carbons (Fsp3) is 0.769. The molecule has 2 aliphatic rings. The predicted octanol–water partition coefficient (Wildman–Crippen LogP) is 0.226. The van der Waals surface area contributed by atoms with Crippen molar-refractivity contribution in [2.75, 3.05) is 19.6 Å². The number of hydrogen-bond donors (Lipinski definition) is 2. The van der Waals surface area contributed by atoms with E-state index in [0.717, 1.165) is 12.8 Å². The molecule has 2 rings (SSSR count). The maximum atomic E-state index is 12.0. The molecule has 106 valence electrons. The molecular weight excluding hydrogens is 248 g/mol. The van der Waals surface area contributed by atoms with Crippen molar-refractivity contribution in [3.05, 3.63) is 0 Å². The van der Waals surface area contributed by atoms with Gasteiger partial charge in [0.05, 0.1) is 11.3 Å². The molecule has 1 atom stereocenters. The minimum Gasteiger partial charge on any atom is -0.481 e. The number of carboxylic acids is 1. The zero-order valence-electron chi connectivity index (χ0n) is 11.1. The highest BCUT2D eigenvalue weighted by Crippen LogP contribution is 2.45. The summed E-state index contributed by atoms with van der Waals surface area (Å²) in [6, 6.07) is 0. The maximum Gasteiger partial charge on any atom is 0.311 e. The topological polar surface area (TPSA) is 86.7 Å². The van der Waals surface area contributed by atoms with E-state index < -0.39 is 11.4 Å². The van der Waals surface area contributed by atoms with Gasteiger partial charge in [-0.15, -0.1) is 0 Å². The van der Waals surface area contributed by atoms with E-state index in [4.69, 9.17) is 5.11 Å². The molecular formula is C13H20N2O4. The highest BCUT2D eigenvalue weighted by molar-refractivity contribution is 5.83. The molecule has 1 unspecified atom stereocenters. The molecule has 2 fully saturated rings. The van der Waals surface area contributed by atoms with Gasteiger partial charge >= 0.3 is 5.97 Å². The first-order valence-electron chi connectivity index (χ1n) is 6.71. The first-order chi connectivity index (χ1) is 8.94. The molecule has 1 aliphatic carbocycles. The van der Waals surface area contributed by atoms with Crippen molar-refractivity contribution in [3.63, 3.8) is 0 Å². The average Bonchev–Trinajstić information content (AvgIpc) is 3.17. The van der Waals surface area contributed by atoms with Gasteiger partial charge < -0.3 is 15.3 Å². The lowest BCUT2D eigenvalue weighted by Crippen LogP contribution is -2.46. The molecule has 0 bridgehead atoms. The first kappa shape index (κ1) is 13.8. The summed E-state index contributed by atoms with van der Waals surface area (Å²) in [5.41, 5.74) is -0.732. The van der Waals surface area contributed by atoms with Crippen molar-refractivity contribution >= 4 is 17.8 Å². The summed E-state index contributed by atoms with van der Waals surface area (Å²) >= 11 is 0. The summed E-state index contributed by atoms with van der Waals surface area (Å²) in [4.78, 5) is 36.0. The summed E-state index contributed by atoms with van der Waals surface area (Å²) in [5, 5.41) is 11.8. The third kappa shape index (κ3) is 3.05. The van der Waals surface area contributed by atoms with Crippen molar-refractivity contribution in [1.82, 2.24) is 10.2 Å². The second kappa shape index (κ2) is 5.19. The summed E-state index contributed by atoms with van der Waals surface area (Å²) < 4.78 is 0. The number of aliphatic carboxylic acids is 1. The lowest BCUT2D eigenvalue weighted by Gasteiger charge is -2.31. The fourth-order valence-corrected chi connectivity index (χ4v) is 2.49. The molecule has 1 saturated heterocycles. The molecule has 2 amide bonds. The van der Waals surface area contributed by atoms with Gasteiger partial charge in [0.25, 0.3) is 0 Å². The Morgan fingerprint density at radius 1 is 1.37 bits per heavy atom. The molecule has 1 saturated carbocycles. The molecule has 6 nitrogen and oxygen atoms in total. The molecule has 2 N–H and O–H groups in total. The van der Waals surface area contributed by atoms with Gasteiger partial charge in [-0.2, -0.15) is 0 Å². The minimum absolute atomic E-state index is 0.0123. The van der Waals surface area contributed by atoms with Crippen LogP contribution in [0.25, 0.3) is 0 Å². The van der Waals surface area contributed by atoms with Crippen LogP contribution < -0.4 is 5.32 Å². The zero-order chi connectivity index (χ0) is 14.0. The summed E-state index contributed by atoms with van der Waals surface area (Å²) in [5.74, 6) is -1.18. The molecule has 6 heteroatoms. The molecule has 19 heavy (non-hydrogen) atoms. The second-order valence-electron chi connectivity index (χ2n) is 5.61. The molecule has 0 aromatic heterocycles. The lowest BCUT2D eigenvalue weighted by molar-refractivity contribution is -0.143. The maximum absolute atomic E-state index is 12.0. The number of rotatable bonds is 4. The van der Waals surface area contributed by atoms with Crippen LogP contribution >= 0.6 is 0 Å². The second-order valence-corrected chi connectivity index (χ2v) is 5.61. The number of nitrogens with one attached hydrogen (secondary N) is 1. The highest BCUT2D eigenvalue weighted by atomic mass is 16.4. The van der Waals surface area contributed by atoms with Gasteiger partial charge in [0.1, 0.15) is 0 Å². The van der Waals surface area contributed by atoms with Gasteiger partial charge in [0.15, 0.2) is 0 Å². The SMILES string of the molecule is CC(=O)N1CCCC(C(=O)NCC2(C(=O)O)CC2)C1. The summed E-state index contributed by atoms with van der Waals surface area (Å²) in [7, 11) is 0. The third-order valence-electron chi connectivity index (χ3n) is 4.15. The van der Waals surface area contributed by atoms with Gasteiger partial charge in [0.2, 0.25) is 11.8 Å². The van der Waals surface area contributed by atoms with Crippen LogP contribution in [0.15, 0.2) is 0 Å². The normalized spacial score (nSPS) is 24.7. The molecule has 1 aliphatic heterocycles. The van der Waals surface area contributed by atoms with Gasteiger partial charge in [-0.25, -0.2) is 0 Å². The van der Waals surface area contributed by atoms with Crippen LogP contribution in [0, 0.1) is 11.3 Å². The van der Waals surface area contributed by atoms with Crippen molar-refractivity contribution in [2.24, 2.45) is 11.3 Å². The Morgan fingerprint density at radius 2 is 2.05 bits per heavy atom. The van der Waals surface area contributed by atoms with Crippen LogP contribution in [0.5, 0.6) is 0 Å². The summed E-state index contributed by atoms with van der Waals surface area (Å²) in [6.45, 7) is 2.86. The average molecular weight is 268 g/mol. The molecule has 1 heterocycles. The van der Waals surface area contributed by atoms with Crippen LogP contribution in [-0.4, -0.2) is 47.4 Å².